The molecule has 0 saturated carbocycles. The van der Waals surface area contributed by atoms with Crippen molar-refractivity contribution < 1.29 is 19.2 Å². The van der Waals surface area contributed by atoms with Gasteiger partial charge < -0.3 is 4.74 Å². The Morgan fingerprint density at radius 1 is 1.23 bits per heavy atom. The smallest absolute Gasteiger partial charge is 0.293 e. The van der Waals surface area contributed by atoms with E-state index in [0.29, 0.717) is 31.6 Å². The summed E-state index contributed by atoms with van der Waals surface area (Å²) < 4.78 is 7.12. The summed E-state index contributed by atoms with van der Waals surface area (Å²) >= 11 is 7.87. The number of rotatable bonds is 7. The molecular weight excluding hydrogens is 552 g/mol. The number of halogens is 2. The number of nitro benzene ring substituents is 1. The minimum absolute atomic E-state index is 0.000849. The highest BCUT2D eigenvalue weighted by molar-refractivity contribution is 9.11. The maximum Gasteiger partial charge on any atom is 0.293 e. The quantitative estimate of drug-likeness (QED) is 0.214. The number of non-ortho nitro benzene ring substituents is 1. The van der Waals surface area contributed by atoms with E-state index in [9.17, 15) is 19.7 Å². The third-order valence-electron chi connectivity index (χ3n) is 4.68. The number of nitro groups is 1. The van der Waals surface area contributed by atoms with Crippen LogP contribution in [0.3, 0.4) is 0 Å². The molecule has 7 nitrogen and oxygen atoms in total. The first-order valence-corrected chi connectivity index (χ1v) is 11.7. The average Bonchev–Trinajstić information content (AvgIpc) is 3.00. The van der Waals surface area contributed by atoms with Gasteiger partial charge in [0.05, 0.1) is 18.8 Å². The SMILES string of the molecule is CC[C@@H](C)N1C(=O)S/C(=C/c2cc(Br)c(OCc3cccc([N+](=O)[O-])c3)c(Br)c2)C1=O. The van der Waals surface area contributed by atoms with Gasteiger partial charge in [-0.15, -0.1) is 0 Å². The second kappa shape index (κ2) is 9.97. The van der Waals surface area contributed by atoms with Gasteiger partial charge in [0.15, 0.2) is 0 Å². The van der Waals surface area contributed by atoms with E-state index in [0.717, 1.165) is 17.3 Å². The molecule has 1 saturated heterocycles. The normalized spacial score (nSPS) is 16.1. The largest absolute Gasteiger partial charge is 0.487 e. The number of ether oxygens (including phenoxy) is 1. The molecule has 0 unspecified atom stereocenters. The Bertz CT molecular complexity index is 1070. The van der Waals surface area contributed by atoms with Gasteiger partial charge in [0.1, 0.15) is 12.4 Å². The number of carbonyl (C=O) groups excluding carboxylic acids is 2. The van der Waals surface area contributed by atoms with Crippen molar-refractivity contribution in [1.82, 2.24) is 4.90 Å². The summed E-state index contributed by atoms with van der Waals surface area (Å²) in [7, 11) is 0. The first-order valence-electron chi connectivity index (χ1n) is 9.33. The molecule has 0 bridgehead atoms. The van der Waals surface area contributed by atoms with Crippen LogP contribution in [0.15, 0.2) is 50.2 Å². The van der Waals surface area contributed by atoms with Gasteiger partial charge in [-0.1, -0.05) is 19.1 Å². The maximum absolute atomic E-state index is 12.6. The molecule has 0 aliphatic carbocycles. The monoisotopic (exact) mass is 568 g/mol. The summed E-state index contributed by atoms with van der Waals surface area (Å²) in [4.78, 5) is 37.0. The Kier molecular flexibility index (Phi) is 7.55. The van der Waals surface area contributed by atoms with Crippen LogP contribution in [-0.2, 0) is 11.4 Å². The Labute approximate surface area is 200 Å². The second-order valence-electron chi connectivity index (χ2n) is 6.84. The van der Waals surface area contributed by atoms with E-state index >= 15 is 0 Å². The van der Waals surface area contributed by atoms with Crippen LogP contribution >= 0.6 is 43.6 Å². The molecule has 1 heterocycles. The minimum atomic E-state index is -0.451. The zero-order valence-electron chi connectivity index (χ0n) is 16.6. The Morgan fingerprint density at radius 2 is 1.90 bits per heavy atom. The number of carbonyl (C=O) groups is 2. The molecule has 162 valence electrons. The van der Waals surface area contributed by atoms with Crippen molar-refractivity contribution in [2.24, 2.45) is 0 Å². The lowest BCUT2D eigenvalue weighted by Gasteiger charge is -2.19. The van der Waals surface area contributed by atoms with Crippen molar-refractivity contribution in [2.75, 3.05) is 0 Å². The number of hydrogen-bond donors (Lipinski definition) is 0. The van der Waals surface area contributed by atoms with Crippen LogP contribution in [0.2, 0.25) is 0 Å². The van der Waals surface area contributed by atoms with Crippen molar-refractivity contribution in [2.45, 2.75) is 32.9 Å². The van der Waals surface area contributed by atoms with Gasteiger partial charge in [-0.05, 0) is 86.3 Å². The Morgan fingerprint density at radius 3 is 2.52 bits per heavy atom. The lowest BCUT2D eigenvalue weighted by Crippen LogP contribution is -2.36. The summed E-state index contributed by atoms with van der Waals surface area (Å²) in [6.45, 7) is 3.92. The van der Waals surface area contributed by atoms with Gasteiger partial charge in [0.25, 0.3) is 16.8 Å². The number of hydrogen-bond acceptors (Lipinski definition) is 6. The molecule has 1 aliphatic rings. The van der Waals surface area contributed by atoms with Gasteiger partial charge in [0, 0.05) is 18.2 Å². The highest BCUT2D eigenvalue weighted by Gasteiger charge is 2.37. The number of benzene rings is 2. The summed E-state index contributed by atoms with van der Waals surface area (Å²) in [6.07, 6.45) is 2.37. The van der Waals surface area contributed by atoms with Crippen LogP contribution in [0.5, 0.6) is 5.75 Å². The fraction of sp³-hybridized carbons (Fsp3) is 0.238. The van der Waals surface area contributed by atoms with Crippen molar-refractivity contribution in [3.05, 3.63) is 71.5 Å². The topological polar surface area (TPSA) is 89.8 Å². The van der Waals surface area contributed by atoms with Gasteiger partial charge in [0.2, 0.25) is 0 Å². The molecule has 1 fully saturated rings. The van der Waals surface area contributed by atoms with Crippen molar-refractivity contribution in [3.63, 3.8) is 0 Å². The maximum atomic E-state index is 12.6. The van der Waals surface area contributed by atoms with Crippen LogP contribution in [0.25, 0.3) is 6.08 Å². The average molecular weight is 570 g/mol. The lowest BCUT2D eigenvalue weighted by molar-refractivity contribution is -0.384. The van der Waals surface area contributed by atoms with E-state index in [4.69, 9.17) is 4.74 Å². The molecule has 1 aliphatic heterocycles. The molecule has 0 radical (unpaired) electrons. The van der Waals surface area contributed by atoms with Gasteiger partial charge in [-0.25, -0.2) is 0 Å². The standard InChI is InChI=1S/C21H18Br2N2O5S/c1-3-12(2)24-20(26)18(31-21(24)27)10-14-8-16(22)19(17(23)9-14)30-11-13-5-4-6-15(7-13)25(28)29/h4-10,12H,3,11H2,1-2H3/b18-10+/t12-/m1/s1. The van der Waals surface area contributed by atoms with Crippen molar-refractivity contribution in [1.29, 1.82) is 0 Å². The third-order valence-corrected chi connectivity index (χ3v) is 6.74. The van der Waals surface area contributed by atoms with E-state index in [2.05, 4.69) is 31.9 Å². The number of imide groups is 1. The zero-order valence-corrected chi connectivity index (χ0v) is 20.6. The Balaban J connectivity index is 1.79. The van der Waals surface area contributed by atoms with E-state index in [-0.39, 0.29) is 29.5 Å². The molecule has 3 rings (SSSR count). The predicted molar refractivity (Wildman–Crippen MR) is 127 cm³/mol. The molecule has 1 atom stereocenters. The first-order chi connectivity index (χ1) is 14.7. The molecule has 0 aromatic heterocycles. The predicted octanol–water partition coefficient (Wildman–Crippen LogP) is 6.53. The number of thioether (sulfide) groups is 1. The fourth-order valence-electron chi connectivity index (χ4n) is 2.91. The summed E-state index contributed by atoms with van der Waals surface area (Å²) in [5, 5.41) is 10.7. The molecule has 0 spiro atoms. The highest BCUT2D eigenvalue weighted by Crippen LogP contribution is 2.38. The third kappa shape index (κ3) is 5.36. The fourth-order valence-corrected chi connectivity index (χ4v) is 5.29. The number of amides is 2. The van der Waals surface area contributed by atoms with Gasteiger partial charge in [-0.3, -0.25) is 24.6 Å². The van der Waals surface area contributed by atoms with E-state index in [1.54, 1.807) is 30.3 Å². The van der Waals surface area contributed by atoms with Crippen LogP contribution in [-0.4, -0.2) is 27.0 Å². The molecule has 2 aromatic carbocycles. The van der Waals surface area contributed by atoms with Crippen LogP contribution in [0.1, 0.15) is 31.4 Å². The zero-order chi connectivity index (χ0) is 22.7. The van der Waals surface area contributed by atoms with Crippen LogP contribution in [0, 0.1) is 10.1 Å². The number of nitrogens with zero attached hydrogens (tertiary/aromatic N) is 2. The van der Waals surface area contributed by atoms with Crippen LogP contribution < -0.4 is 4.74 Å². The first kappa shape index (κ1) is 23.5. The summed E-state index contributed by atoms with van der Waals surface area (Å²) in [5.41, 5.74) is 1.38. The lowest BCUT2D eigenvalue weighted by atomic mass is 10.2. The van der Waals surface area contributed by atoms with Gasteiger partial charge in [-0.2, -0.15) is 0 Å². The summed E-state index contributed by atoms with van der Waals surface area (Å²) in [6, 6.07) is 9.65. The summed E-state index contributed by atoms with van der Waals surface area (Å²) in [5.74, 6) is 0.235. The van der Waals surface area contributed by atoms with E-state index in [1.165, 1.54) is 17.0 Å². The Hall–Kier alpha value is -2.17. The van der Waals surface area contributed by atoms with E-state index in [1.807, 2.05) is 13.8 Å². The highest BCUT2D eigenvalue weighted by atomic mass is 79.9. The molecular formula is C21H18Br2N2O5S. The molecule has 2 amide bonds. The molecule has 10 heteroatoms. The van der Waals surface area contributed by atoms with Gasteiger partial charge >= 0.3 is 0 Å². The van der Waals surface area contributed by atoms with Crippen molar-refractivity contribution in [3.8, 4) is 5.75 Å². The van der Waals surface area contributed by atoms with Crippen molar-refractivity contribution >= 4 is 66.5 Å². The molecule has 2 aromatic rings. The second-order valence-corrected chi connectivity index (χ2v) is 9.54. The van der Waals surface area contributed by atoms with E-state index < -0.39 is 4.92 Å². The molecule has 31 heavy (non-hydrogen) atoms. The minimum Gasteiger partial charge on any atom is -0.487 e. The molecule has 0 N–H and O–H groups in total. The van der Waals surface area contributed by atoms with Crippen LogP contribution in [0.4, 0.5) is 10.5 Å².